The fourth-order valence-corrected chi connectivity index (χ4v) is 2.15. The van der Waals surface area contributed by atoms with Crippen LogP contribution in [-0.4, -0.2) is 25.6 Å². The first-order chi connectivity index (χ1) is 10.9. The van der Waals surface area contributed by atoms with Gasteiger partial charge >= 0.3 is 11.4 Å². The number of H-pyrrole nitrogens is 1. The van der Waals surface area contributed by atoms with Crippen LogP contribution in [0.5, 0.6) is 0 Å². The van der Waals surface area contributed by atoms with E-state index in [1.54, 1.807) is 31.2 Å². The van der Waals surface area contributed by atoms with Gasteiger partial charge in [0.05, 0.1) is 18.3 Å². The van der Waals surface area contributed by atoms with E-state index >= 15 is 0 Å². The monoisotopic (exact) mass is 315 g/mol. The van der Waals surface area contributed by atoms with Crippen molar-refractivity contribution in [1.29, 1.82) is 0 Å². The summed E-state index contributed by atoms with van der Waals surface area (Å²) in [7, 11) is 0. The summed E-state index contributed by atoms with van der Waals surface area (Å²) >= 11 is 0. The smallest absolute Gasteiger partial charge is 0.351 e. The van der Waals surface area contributed by atoms with Crippen molar-refractivity contribution in [2.75, 3.05) is 0 Å². The Bertz CT molecular complexity index is 836. The third kappa shape index (κ3) is 3.78. The highest BCUT2D eigenvalue weighted by molar-refractivity contribution is 5.30. The maximum absolute atomic E-state index is 12.5. The maximum atomic E-state index is 12.5. The summed E-state index contributed by atoms with van der Waals surface area (Å²) in [4.78, 5) is 24.5. The molecule has 1 aromatic carbocycles. The van der Waals surface area contributed by atoms with Crippen molar-refractivity contribution in [3.8, 4) is 5.69 Å². The van der Waals surface area contributed by atoms with Crippen molar-refractivity contribution >= 4 is 0 Å². The lowest BCUT2D eigenvalue weighted by atomic mass is 10.1. The van der Waals surface area contributed by atoms with Gasteiger partial charge in [0.25, 0.3) is 0 Å². The lowest BCUT2D eigenvalue weighted by molar-refractivity contribution is 0.231. The molecule has 23 heavy (non-hydrogen) atoms. The quantitative estimate of drug-likeness (QED) is 0.823. The number of hydrogen-bond acceptors (Lipinski definition) is 3. The van der Waals surface area contributed by atoms with Gasteiger partial charge in [0.15, 0.2) is 0 Å². The van der Waals surface area contributed by atoms with E-state index in [1.807, 2.05) is 32.1 Å². The van der Waals surface area contributed by atoms with Crippen LogP contribution >= 0.6 is 0 Å². The van der Waals surface area contributed by atoms with E-state index in [2.05, 4.69) is 5.10 Å². The second-order valence-electron chi connectivity index (χ2n) is 5.38. The molecule has 0 aliphatic rings. The van der Waals surface area contributed by atoms with Gasteiger partial charge in [-0.05, 0) is 44.1 Å². The van der Waals surface area contributed by atoms with Crippen LogP contribution in [0.4, 0.5) is 0 Å². The zero-order valence-corrected chi connectivity index (χ0v) is 13.5. The Morgan fingerprint density at radius 1 is 1.30 bits per heavy atom. The van der Waals surface area contributed by atoms with Gasteiger partial charge in [-0.3, -0.25) is 0 Å². The first-order valence-corrected chi connectivity index (χ1v) is 7.42. The highest BCUT2D eigenvalue weighted by atomic mass is 16.3. The predicted octanol–water partition coefficient (Wildman–Crippen LogP) is 1.60. The minimum absolute atomic E-state index is 0.231. The Labute approximate surface area is 134 Å². The van der Waals surface area contributed by atoms with E-state index in [0.717, 1.165) is 15.7 Å². The molecular formula is C17H21N3O3. The van der Waals surface area contributed by atoms with E-state index < -0.39 is 17.5 Å². The molecule has 1 unspecified atom stereocenters. The van der Waals surface area contributed by atoms with Crippen molar-refractivity contribution in [2.45, 2.75) is 33.4 Å². The number of aliphatic hydroxyl groups excluding tert-OH is 1. The Morgan fingerprint density at radius 3 is 2.52 bits per heavy atom. The average molecular weight is 315 g/mol. The number of hydrogen-bond donors (Lipinski definition) is 2. The number of aliphatic hydroxyl groups is 1. The molecule has 2 rings (SSSR count). The van der Waals surface area contributed by atoms with Crippen molar-refractivity contribution in [2.24, 2.45) is 0 Å². The Morgan fingerprint density at radius 2 is 1.96 bits per heavy atom. The first-order valence-electron chi connectivity index (χ1n) is 7.42. The van der Waals surface area contributed by atoms with Gasteiger partial charge in [-0.2, -0.15) is 0 Å². The van der Waals surface area contributed by atoms with Crippen LogP contribution in [-0.2, 0) is 6.54 Å². The highest BCUT2D eigenvalue weighted by Crippen LogP contribution is 2.08. The summed E-state index contributed by atoms with van der Waals surface area (Å²) in [5.74, 6) is 0. The molecule has 0 bridgehead atoms. The van der Waals surface area contributed by atoms with Crippen LogP contribution in [0.3, 0.4) is 0 Å². The van der Waals surface area contributed by atoms with Gasteiger partial charge in [-0.15, -0.1) is 0 Å². The number of allylic oxidation sites excluding steroid dienone is 3. The molecule has 1 atom stereocenters. The van der Waals surface area contributed by atoms with Crippen LogP contribution in [0.1, 0.15) is 20.8 Å². The molecule has 0 aliphatic carbocycles. The Hall–Kier alpha value is -2.60. The summed E-state index contributed by atoms with van der Waals surface area (Å²) in [6.45, 7) is 5.57. The molecule has 1 aromatic heterocycles. The molecule has 6 heteroatoms. The lowest BCUT2D eigenvalue weighted by Crippen LogP contribution is -2.27. The van der Waals surface area contributed by atoms with Gasteiger partial charge < -0.3 is 5.11 Å². The summed E-state index contributed by atoms with van der Waals surface area (Å²) < 4.78 is 2.36. The number of rotatable bonds is 5. The van der Waals surface area contributed by atoms with E-state index in [1.165, 1.54) is 4.68 Å². The zero-order chi connectivity index (χ0) is 17.0. The molecule has 1 heterocycles. The standard InChI is InChI=1S/C17H21N3O3/c1-4-14(10-12(2)13(3)21)11-19-17(23)20(16(22)18-19)15-8-6-5-7-9-15/h4-10,13,21H,11H2,1-3H3,(H,18,22)/b12-10-,14-4+. The van der Waals surface area contributed by atoms with Gasteiger partial charge in [-0.1, -0.05) is 30.4 Å². The van der Waals surface area contributed by atoms with Crippen molar-refractivity contribution in [1.82, 2.24) is 14.3 Å². The number of aromatic amines is 1. The minimum atomic E-state index is -0.561. The molecule has 6 nitrogen and oxygen atoms in total. The second-order valence-corrected chi connectivity index (χ2v) is 5.38. The molecule has 0 saturated heterocycles. The molecule has 0 fully saturated rings. The molecule has 0 aliphatic heterocycles. The number of para-hydroxylation sites is 1. The number of benzene rings is 1. The average Bonchev–Trinajstić information content (AvgIpc) is 2.81. The largest absolute Gasteiger partial charge is 0.389 e. The van der Waals surface area contributed by atoms with E-state index in [0.29, 0.717) is 5.69 Å². The Kier molecular flexibility index (Phi) is 5.18. The summed E-state index contributed by atoms with van der Waals surface area (Å²) in [5.41, 5.74) is 1.23. The third-order valence-corrected chi connectivity index (χ3v) is 3.65. The first kappa shape index (κ1) is 16.8. The zero-order valence-electron chi connectivity index (χ0n) is 13.5. The van der Waals surface area contributed by atoms with Crippen molar-refractivity contribution < 1.29 is 5.11 Å². The topological polar surface area (TPSA) is 80.0 Å². The molecule has 0 radical (unpaired) electrons. The molecule has 0 amide bonds. The molecular weight excluding hydrogens is 294 g/mol. The van der Waals surface area contributed by atoms with Crippen LogP contribution in [0, 0.1) is 0 Å². The molecule has 0 saturated carbocycles. The fraction of sp³-hybridized carbons (Fsp3) is 0.294. The minimum Gasteiger partial charge on any atom is -0.389 e. The molecule has 2 N–H and O–H groups in total. The van der Waals surface area contributed by atoms with Crippen LogP contribution in [0.25, 0.3) is 5.69 Å². The van der Waals surface area contributed by atoms with Gasteiger partial charge in [0.1, 0.15) is 0 Å². The van der Waals surface area contributed by atoms with E-state index in [-0.39, 0.29) is 6.54 Å². The van der Waals surface area contributed by atoms with Gasteiger partial charge in [-0.25, -0.2) is 23.9 Å². The maximum Gasteiger partial charge on any atom is 0.351 e. The second kappa shape index (κ2) is 7.11. The number of aromatic nitrogens is 3. The third-order valence-electron chi connectivity index (χ3n) is 3.65. The number of nitrogens with zero attached hydrogens (tertiary/aromatic N) is 2. The summed E-state index contributed by atoms with van der Waals surface area (Å²) in [6.07, 6.45) is 3.10. The van der Waals surface area contributed by atoms with Crippen molar-refractivity contribution in [3.05, 3.63) is 74.6 Å². The lowest BCUT2D eigenvalue weighted by Gasteiger charge is -2.07. The molecule has 122 valence electrons. The highest BCUT2D eigenvalue weighted by Gasteiger charge is 2.11. The van der Waals surface area contributed by atoms with Gasteiger partial charge in [0.2, 0.25) is 0 Å². The van der Waals surface area contributed by atoms with Gasteiger partial charge in [0, 0.05) is 0 Å². The summed E-state index contributed by atoms with van der Waals surface area (Å²) in [5, 5.41) is 12.1. The van der Waals surface area contributed by atoms with Crippen molar-refractivity contribution in [3.63, 3.8) is 0 Å². The SMILES string of the molecule is C/C=C(\C=C(\C)C(C)O)Cn1[nH]c(=O)n(-c2ccccc2)c1=O. The Balaban J connectivity index is 2.38. The van der Waals surface area contributed by atoms with E-state index in [4.69, 9.17) is 0 Å². The molecule has 2 aromatic rings. The predicted molar refractivity (Wildman–Crippen MR) is 89.8 cm³/mol. The molecule has 0 spiro atoms. The van der Waals surface area contributed by atoms with E-state index in [9.17, 15) is 14.7 Å². The number of nitrogens with one attached hydrogen (secondary N) is 1. The van der Waals surface area contributed by atoms with Crippen LogP contribution in [0.15, 0.2) is 63.2 Å². The normalized spacial score (nSPS) is 14.1. The fourth-order valence-electron chi connectivity index (χ4n) is 2.15. The summed E-state index contributed by atoms with van der Waals surface area (Å²) in [6, 6.07) is 8.76. The van der Waals surface area contributed by atoms with Crippen LogP contribution < -0.4 is 11.4 Å². The van der Waals surface area contributed by atoms with Crippen LogP contribution in [0.2, 0.25) is 0 Å².